The molecule has 0 bridgehead atoms. The van der Waals surface area contributed by atoms with E-state index in [2.05, 4.69) is 19.8 Å². The minimum atomic E-state index is -0.818. The van der Waals surface area contributed by atoms with Gasteiger partial charge in [-0.05, 0) is 18.2 Å². The maximum Gasteiger partial charge on any atom is 0.331 e. The standard InChI is InChI=1S/C20H24N6O3/c1-23-17-6-3-2-5-16(17)18(28)26(20(23)29)14-15(27)13-24-9-11-25(12-10-24)19-21-7-4-8-22-19/h2-8,15,27H,9-14H2,1H3. The highest BCUT2D eigenvalue weighted by atomic mass is 16.3. The number of aromatic nitrogens is 4. The van der Waals surface area contributed by atoms with Gasteiger partial charge in [-0.15, -0.1) is 0 Å². The van der Waals surface area contributed by atoms with Gasteiger partial charge in [0, 0.05) is 52.2 Å². The molecule has 1 atom stereocenters. The van der Waals surface area contributed by atoms with Crippen LogP contribution in [0.15, 0.2) is 52.3 Å². The van der Waals surface area contributed by atoms with E-state index in [1.807, 2.05) is 0 Å². The van der Waals surface area contributed by atoms with Crippen LogP contribution in [0.3, 0.4) is 0 Å². The van der Waals surface area contributed by atoms with E-state index in [9.17, 15) is 14.7 Å². The first-order chi connectivity index (χ1) is 14.0. The van der Waals surface area contributed by atoms with Crippen LogP contribution in [-0.2, 0) is 13.6 Å². The summed E-state index contributed by atoms with van der Waals surface area (Å²) in [4.78, 5) is 38.1. The second-order valence-corrected chi connectivity index (χ2v) is 7.26. The Morgan fingerprint density at radius 2 is 1.69 bits per heavy atom. The first kappa shape index (κ1) is 19.3. The van der Waals surface area contributed by atoms with Gasteiger partial charge in [-0.2, -0.15) is 0 Å². The van der Waals surface area contributed by atoms with E-state index < -0.39 is 11.8 Å². The third-order valence-electron chi connectivity index (χ3n) is 5.33. The van der Waals surface area contributed by atoms with Gasteiger partial charge in [0.05, 0.1) is 23.6 Å². The summed E-state index contributed by atoms with van der Waals surface area (Å²) in [5.74, 6) is 0.707. The molecule has 1 saturated heterocycles. The van der Waals surface area contributed by atoms with Gasteiger partial charge in [-0.3, -0.25) is 18.8 Å². The zero-order valence-corrected chi connectivity index (χ0v) is 16.3. The average Bonchev–Trinajstić information content (AvgIpc) is 2.76. The zero-order valence-electron chi connectivity index (χ0n) is 16.3. The highest BCUT2D eigenvalue weighted by molar-refractivity contribution is 5.77. The Morgan fingerprint density at radius 1 is 1.00 bits per heavy atom. The van der Waals surface area contributed by atoms with Gasteiger partial charge in [0.25, 0.3) is 5.56 Å². The fraction of sp³-hybridized carbons (Fsp3) is 0.400. The fourth-order valence-corrected chi connectivity index (χ4v) is 3.78. The Balaban J connectivity index is 1.43. The quantitative estimate of drug-likeness (QED) is 0.631. The molecule has 3 aromatic rings. The van der Waals surface area contributed by atoms with Gasteiger partial charge in [-0.1, -0.05) is 12.1 Å². The largest absolute Gasteiger partial charge is 0.390 e. The second-order valence-electron chi connectivity index (χ2n) is 7.26. The zero-order chi connectivity index (χ0) is 20.4. The lowest BCUT2D eigenvalue weighted by Crippen LogP contribution is -2.50. The first-order valence-corrected chi connectivity index (χ1v) is 9.65. The predicted octanol–water partition coefficient (Wildman–Crippen LogP) is -0.327. The maximum atomic E-state index is 12.7. The number of hydrogen-bond acceptors (Lipinski definition) is 7. The Bertz CT molecular complexity index is 1100. The molecule has 152 valence electrons. The molecule has 29 heavy (non-hydrogen) atoms. The van der Waals surface area contributed by atoms with E-state index in [4.69, 9.17) is 0 Å². The van der Waals surface area contributed by atoms with Crippen LogP contribution in [0.5, 0.6) is 0 Å². The van der Waals surface area contributed by atoms with Crippen molar-refractivity contribution in [2.75, 3.05) is 37.6 Å². The Labute approximate surface area is 167 Å². The Hall–Kier alpha value is -3.04. The number of aliphatic hydroxyl groups is 1. The number of benzene rings is 1. The number of para-hydroxylation sites is 1. The summed E-state index contributed by atoms with van der Waals surface area (Å²) in [6.45, 7) is 3.38. The topological polar surface area (TPSA) is 96.5 Å². The molecule has 3 heterocycles. The van der Waals surface area contributed by atoms with Crippen LogP contribution in [-0.4, -0.2) is 67.9 Å². The van der Waals surface area contributed by atoms with Crippen molar-refractivity contribution in [1.82, 2.24) is 24.0 Å². The van der Waals surface area contributed by atoms with Crippen molar-refractivity contribution in [2.45, 2.75) is 12.6 Å². The number of fused-ring (bicyclic) bond motifs is 1. The summed E-state index contributed by atoms with van der Waals surface area (Å²) in [5, 5.41) is 11.0. The molecule has 0 aliphatic carbocycles. The van der Waals surface area contributed by atoms with Gasteiger partial charge < -0.3 is 10.0 Å². The summed E-state index contributed by atoms with van der Waals surface area (Å²) in [6.07, 6.45) is 2.63. The summed E-state index contributed by atoms with van der Waals surface area (Å²) < 4.78 is 2.57. The first-order valence-electron chi connectivity index (χ1n) is 9.65. The third kappa shape index (κ3) is 3.92. The van der Waals surface area contributed by atoms with Crippen molar-refractivity contribution in [2.24, 2.45) is 7.05 Å². The van der Waals surface area contributed by atoms with Crippen LogP contribution in [0.1, 0.15) is 0 Å². The molecular weight excluding hydrogens is 372 g/mol. The molecule has 1 aliphatic rings. The summed E-state index contributed by atoms with van der Waals surface area (Å²) >= 11 is 0. The molecule has 4 rings (SSSR count). The number of β-amino-alcohol motifs (C(OH)–C–C–N with tert-alkyl or cyclic N) is 1. The summed E-state index contributed by atoms with van der Waals surface area (Å²) in [5.41, 5.74) is -0.194. The van der Waals surface area contributed by atoms with Crippen molar-refractivity contribution in [1.29, 1.82) is 0 Å². The number of anilines is 1. The van der Waals surface area contributed by atoms with Crippen LogP contribution < -0.4 is 16.1 Å². The molecule has 1 unspecified atom stereocenters. The maximum absolute atomic E-state index is 12.7. The number of aryl methyl sites for hydroxylation is 1. The van der Waals surface area contributed by atoms with Crippen molar-refractivity contribution in [3.05, 3.63) is 63.6 Å². The van der Waals surface area contributed by atoms with E-state index in [1.54, 1.807) is 49.8 Å². The van der Waals surface area contributed by atoms with Gasteiger partial charge in [0.15, 0.2) is 0 Å². The molecule has 2 aromatic heterocycles. The second kappa shape index (κ2) is 8.14. The predicted molar refractivity (Wildman–Crippen MR) is 110 cm³/mol. The molecular formula is C20H24N6O3. The van der Waals surface area contributed by atoms with Crippen molar-refractivity contribution < 1.29 is 5.11 Å². The van der Waals surface area contributed by atoms with E-state index in [-0.39, 0.29) is 12.1 Å². The smallest absolute Gasteiger partial charge is 0.331 e. The van der Waals surface area contributed by atoms with E-state index in [0.29, 0.717) is 23.4 Å². The Morgan fingerprint density at radius 3 is 2.41 bits per heavy atom. The lowest BCUT2D eigenvalue weighted by atomic mass is 10.2. The van der Waals surface area contributed by atoms with Crippen LogP contribution in [0.4, 0.5) is 5.95 Å². The lowest BCUT2D eigenvalue weighted by Gasteiger charge is -2.35. The summed E-state index contributed by atoms with van der Waals surface area (Å²) in [6, 6.07) is 8.79. The molecule has 0 radical (unpaired) electrons. The number of piperazine rings is 1. The van der Waals surface area contributed by atoms with Gasteiger partial charge >= 0.3 is 5.69 Å². The van der Waals surface area contributed by atoms with Crippen LogP contribution in [0.2, 0.25) is 0 Å². The van der Waals surface area contributed by atoms with Crippen LogP contribution >= 0.6 is 0 Å². The molecule has 9 nitrogen and oxygen atoms in total. The minimum absolute atomic E-state index is 0.0294. The molecule has 0 amide bonds. The minimum Gasteiger partial charge on any atom is -0.390 e. The molecule has 1 aromatic carbocycles. The Kier molecular flexibility index (Phi) is 5.41. The molecule has 1 fully saturated rings. The van der Waals surface area contributed by atoms with E-state index >= 15 is 0 Å². The van der Waals surface area contributed by atoms with Crippen molar-refractivity contribution in [3.63, 3.8) is 0 Å². The number of aliphatic hydroxyl groups excluding tert-OH is 1. The van der Waals surface area contributed by atoms with Gasteiger partial charge in [0.1, 0.15) is 0 Å². The highest BCUT2D eigenvalue weighted by Gasteiger charge is 2.22. The van der Waals surface area contributed by atoms with Crippen LogP contribution in [0, 0.1) is 0 Å². The fourth-order valence-electron chi connectivity index (χ4n) is 3.78. The lowest BCUT2D eigenvalue weighted by molar-refractivity contribution is 0.0928. The summed E-state index contributed by atoms with van der Waals surface area (Å²) in [7, 11) is 1.64. The molecule has 9 heteroatoms. The monoisotopic (exact) mass is 396 g/mol. The van der Waals surface area contributed by atoms with Crippen molar-refractivity contribution in [3.8, 4) is 0 Å². The molecule has 1 aliphatic heterocycles. The third-order valence-corrected chi connectivity index (χ3v) is 5.33. The van der Waals surface area contributed by atoms with E-state index in [0.717, 1.165) is 30.7 Å². The number of rotatable bonds is 5. The molecule has 1 N–H and O–H groups in total. The molecule has 0 saturated carbocycles. The number of hydrogen-bond donors (Lipinski definition) is 1. The van der Waals surface area contributed by atoms with Gasteiger partial charge in [-0.25, -0.2) is 14.8 Å². The number of nitrogens with zero attached hydrogens (tertiary/aromatic N) is 6. The highest BCUT2D eigenvalue weighted by Crippen LogP contribution is 2.10. The average molecular weight is 396 g/mol. The van der Waals surface area contributed by atoms with Gasteiger partial charge in [0.2, 0.25) is 5.95 Å². The van der Waals surface area contributed by atoms with Crippen molar-refractivity contribution >= 4 is 16.9 Å². The normalized spacial score (nSPS) is 16.3. The SMILES string of the molecule is Cn1c(=O)n(CC(O)CN2CCN(c3ncccn3)CC2)c(=O)c2ccccc21. The van der Waals surface area contributed by atoms with E-state index in [1.165, 1.54) is 4.57 Å². The van der Waals surface area contributed by atoms with Crippen LogP contribution in [0.25, 0.3) is 10.9 Å². The molecule has 0 spiro atoms.